The third kappa shape index (κ3) is 1.05. The van der Waals surface area contributed by atoms with Crippen LogP contribution in [0, 0.1) is 0 Å². The van der Waals surface area contributed by atoms with Gasteiger partial charge in [-0.2, -0.15) is 4.40 Å². The number of hydrogen-bond acceptors (Lipinski definition) is 4. The van der Waals surface area contributed by atoms with Crippen molar-refractivity contribution in [2.45, 2.75) is 0 Å². The highest BCUT2D eigenvalue weighted by Gasteiger charge is 2.11. The molecule has 2 rings (SSSR count). The van der Waals surface area contributed by atoms with Crippen molar-refractivity contribution in [2.24, 2.45) is 10.1 Å². The lowest BCUT2D eigenvalue weighted by atomic mass is 10.2. The smallest absolute Gasteiger partial charge is 0.203 e. The van der Waals surface area contributed by atoms with Crippen molar-refractivity contribution in [3.63, 3.8) is 0 Å². The second-order valence-electron chi connectivity index (χ2n) is 2.13. The molecule has 0 unspecified atom stereocenters. The van der Waals surface area contributed by atoms with Crippen molar-refractivity contribution in [1.29, 1.82) is 0 Å². The number of hydrogen-bond donors (Lipinski definition) is 1. The van der Waals surface area contributed by atoms with Crippen LogP contribution in [0.4, 0.5) is 0 Å². The lowest BCUT2D eigenvalue weighted by Crippen LogP contribution is -2.15. The van der Waals surface area contributed by atoms with Gasteiger partial charge in [0, 0.05) is 0 Å². The number of nitrogens with two attached hydrogens (primary N) is 1. The Morgan fingerprint density at radius 1 is 1.36 bits per heavy atom. The molecular weight excluding hydrogens is 160 g/mol. The van der Waals surface area contributed by atoms with Crippen molar-refractivity contribution in [1.82, 2.24) is 0 Å². The third-order valence-electron chi connectivity index (χ3n) is 1.43. The largest absolute Gasteiger partial charge is 0.403 e. The van der Waals surface area contributed by atoms with Crippen molar-refractivity contribution in [3.05, 3.63) is 29.8 Å². The van der Waals surface area contributed by atoms with Gasteiger partial charge in [-0.3, -0.25) is 0 Å². The molecular formula is C7H6N2OS. The van der Waals surface area contributed by atoms with Crippen LogP contribution in [0.1, 0.15) is 5.56 Å². The maximum Gasteiger partial charge on any atom is 0.203 e. The summed E-state index contributed by atoms with van der Waals surface area (Å²) in [6.45, 7) is 0. The maximum absolute atomic E-state index is 5.60. The van der Waals surface area contributed by atoms with E-state index in [4.69, 9.17) is 9.92 Å². The molecule has 1 aliphatic rings. The van der Waals surface area contributed by atoms with E-state index in [1.54, 1.807) is 0 Å². The second-order valence-corrected chi connectivity index (χ2v) is 2.63. The molecule has 0 atom stereocenters. The highest BCUT2D eigenvalue weighted by molar-refractivity contribution is 7.93. The molecule has 3 nitrogen and oxygen atoms in total. The zero-order chi connectivity index (χ0) is 7.68. The van der Waals surface area contributed by atoms with E-state index in [1.165, 1.54) is 0 Å². The molecule has 1 aromatic carbocycles. The predicted octanol–water partition coefficient (Wildman–Crippen LogP) is 1.35. The van der Waals surface area contributed by atoms with E-state index in [1.807, 2.05) is 24.3 Å². The number of nitrogens with zero attached hydrogens (tertiary/aromatic N) is 1. The number of benzene rings is 1. The zero-order valence-electron chi connectivity index (χ0n) is 5.65. The first kappa shape index (κ1) is 6.54. The van der Waals surface area contributed by atoms with Gasteiger partial charge in [0.25, 0.3) is 0 Å². The summed E-state index contributed by atoms with van der Waals surface area (Å²) in [6.07, 6.45) is 0. The molecule has 1 aliphatic heterocycles. The summed E-state index contributed by atoms with van der Waals surface area (Å²) in [4.78, 5) is 0. The monoisotopic (exact) mass is 166 g/mol. The fourth-order valence-corrected chi connectivity index (χ4v) is 1.34. The topological polar surface area (TPSA) is 47.6 Å². The summed E-state index contributed by atoms with van der Waals surface area (Å²) in [5.74, 6) is 1.31. The zero-order valence-corrected chi connectivity index (χ0v) is 6.47. The Kier molecular flexibility index (Phi) is 1.47. The Hall–Kier alpha value is -1.16. The van der Waals surface area contributed by atoms with Gasteiger partial charge in [-0.1, -0.05) is 12.1 Å². The molecule has 0 spiro atoms. The number of para-hydroxylation sites is 1. The Balaban J connectivity index is 2.56. The molecule has 56 valence electrons. The number of amidine groups is 1. The molecule has 0 amide bonds. The minimum absolute atomic E-state index is 0.525. The van der Waals surface area contributed by atoms with Gasteiger partial charge < -0.3 is 9.92 Å². The molecule has 0 saturated heterocycles. The predicted molar refractivity (Wildman–Crippen MR) is 45.4 cm³/mol. The minimum Gasteiger partial charge on any atom is -0.403 e. The highest BCUT2D eigenvalue weighted by atomic mass is 32.2. The van der Waals surface area contributed by atoms with E-state index in [-0.39, 0.29) is 0 Å². The maximum atomic E-state index is 5.60. The Labute approximate surface area is 68.6 Å². The van der Waals surface area contributed by atoms with Gasteiger partial charge in [0.1, 0.15) is 5.84 Å². The van der Waals surface area contributed by atoms with Crippen LogP contribution < -0.4 is 9.92 Å². The van der Waals surface area contributed by atoms with Crippen molar-refractivity contribution >= 4 is 18.1 Å². The molecule has 2 N–H and O–H groups in total. The molecule has 4 heteroatoms. The lowest BCUT2D eigenvalue weighted by Gasteiger charge is -2.11. The van der Waals surface area contributed by atoms with Gasteiger partial charge in [0.15, 0.2) is 5.75 Å². The molecule has 0 radical (unpaired) electrons. The van der Waals surface area contributed by atoms with Gasteiger partial charge in [-0.05, 0) is 12.1 Å². The summed E-state index contributed by atoms with van der Waals surface area (Å²) >= 11 is 1.01. The van der Waals surface area contributed by atoms with Crippen LogP contribution in [-0.4, -0.2) is 5.84 Å². The van der Waals surface area contributed by atoms with E-state index < -0.39 is 0 Å². The summed E-state index contributed by atoms with van der Waals surface area (Å²) < 4.78 is 9.00. The van der Waals surface area contributed by atoms with Crippen LogP contribution in [0.15, 0.2) is 28.7 Å². The van der Waals surface area contributed by atoms with Gasteiger partial charge >= 0.3 is 0 Å². The molecule has 0 fully saturated rings. The van der Waals surface area contributed by atoms with Gasteiger partial charge in [0.2, 0.25) is 12.2 Å². The first-order valence-corrected chi connectivity index (χ1v) is 3.84. The van der Waals surface area contributed by atoms with Crippen LogP contribution in [-0.2, 0) is 0 Å². The fraction of sp³-hybridized carbons (Fsp3) is 0. The molecule has 0 bridgehead atoms. The van der Waals surface area contributed by atoms with Crippen molar-refractivity contribution in [3.8, 4) is 5.75 Å². The van der Waals surface area contributed by atoms with Crippen LogP contribution in [0.3, 0.4) is 0 Å². The first-order valence-electron chi connectivity index (χ1n) is 3.14. The third-order valence-corrected chi connectivity index (χ3v) is 1.95. The van der Waals surface area contributed by atoms with Crippen LogP contribution in [0.25, 0.3) is 0 Å². The summed E-state index contributed by atoms with van der Waals surface area (Å²) in [5, 5.41) is 0. The normalized spacial score (nSPS) is 14.7. The Morgan fingerprint density at radius 2 is 2.18 bits per heavy atom. The molecule has 0 aliphatic carbocycles. The summed E-state index contributed by atoms with van der Waals surface area (Å²) in [5.41, 5.74) is 6.46. The lowest BCUT2D eigenvalue weighted by molar-refractivity contribution is 0.642. The van der Waals surface area contributed by atoms with Crippen molar-refractivity contribution < 1.29 is 4.18 Å². The minimum atomic E-state index is 0.525. The molecule has 0 aromatic heterocycles. The van der Waals surface area contributed by atoms with Gasteiger partial charge in [-0.25, -0.2) is 0 Å². The van der Waals surface area contributed by atoms with E-state index >= 15 is 0 Å². The molecule has 1 aromatic rings. The molecule has 1 heterocycles. The Bertz CT molecular complexity index is 311. The standard InChI is InChI=1S/C7H6N2OS/c8-7-5-3-1-2-4-6(5)10-11-9-7/h1-4H,(H2,8,9). The summed E-state index contributed by atoms with van der Waals surface area (Å²) in [7, 11) is 0. The number of fused-ring (bicyclic) bond motifs is 1. The van der Waals surface area contributed by atoms with E-state index in [0.29, 0.717) is 5.84 Å². The highest BCUT2D eigenvalue weighted by Crippen LogP contribution is 2.26. The SMILES string of the molecule is NC1=NSOc2ccccc21. The van der Waals surface area contributed by atoms with E-state index in [9.17, 15) is 0 Å². The second kappa shape index (κ2) is 2.47. The van der Waals surface area contributed by atoms with E-state index in [2.05, 4.69) is 4.40 Å². The first-order chi connectivity index (χ1) is 5.38. The summed E-state index contributed by atoms with van der Waals surface area (Å²) in [6, 6.07) is 7.55. The van der Waals surface area contributed by atoms with Crippen LogP contribution in [0.5, 0.6) is 5.75 Å². The van der Waals surface area contributed by atoms with Crippen LogP contribution >= 0.6 is 12.2 Å². The molecule has 11 heavy (non-hydrogen) atoms. The number of rotatable bonds is 0. The quantitative estimate of drug-likeness (QED) is 0.467. The van der Waals surface area contributed by atoms with Gasteiger partial charge in [-0.15, -0.1) is 0 Å². The van der Waals surface area contributed by atoms with E-state index in [0.717, 1.165) is 23.5 Å². The average molecular weight is 166 g/mol. The Morgan fingerprint density at radius 3 is 3.00 bits per heavy atom. The van der Waals surface area contributed by atoms with Crippen LogP contribution in [0.2, 0.25) is 0 Å². The fourth-order valence-electron chi connectivity index (χ4n) is 0.899. The van der Waals surface area contributed by atoms with Gasteiger partial charge in [0.05, 0.1) is 5.56 Å². The van der Waals surface area contributed by atoms with Crippen molar-refractivity contribution in [2.75, 3.05) is 0 Å². The average Bonchev–Trinajstić information content (AvgIpc) is 2.06. The molecule has 0 saturated carbocycles.